The van der Waals surface area contributed by atoms with Gasteiger partial charge >= 0.3 is 6.03 Å². The predicted octanol–water partition coefficient (Wildman–Crippen LogP) is 3.22. The molecule has 0 fully saturated rings. The van der Waals surface area contributed by atoms with Crippen LogP contribution < -0.4 is 10.6 Å². The molecule has 0 heterocycles. The SMILES string of the molecule is CSCc1cc(F)ccc1CNC(=O)NC(CO)c1ccccc1. The maximum absolute atomic E-state index is 13.3. The molecule has 0 saturated carbocycles. The van der Waals surface area contributed by atoms with Gasteiger partial charge in [-0.1, -0.05) is 36.4 Å². The molecule has 2 rings (SSSR count). The molecule has 1 unspecified atom stereocenters. The Kier molecular flexibility index (Phi) is 7.08. The molecule has 24 heavy (non-hydrogen) atoms. The molecule has 2 aromatic rings. The number of benzene rings is 2. The Morgan fingerprint density at radius 3 is 2.62 bits per heavy atom. The molecule has 0 spiro atoms. The third-order valence-electron chi connectivity index (χ3n) is 3.60. The second kappa shape index (κ2) is 9.30. The fraction of sp³-hybridized carbons (Fsp3) is 0.278. The van der Waals surface area contributed by atoms with Crippen LogP contribution in [0, 0.1) is 5.82 Å². The fourth-order valence-corrected chi connectivity index (χ4v) is 2.94. The van der Waals surface area contributed by atoms with E-state index in [0.717, 1.165) is 16.7 Å². The van der Waals surface area contributed by atoms with Crippen molar-refractivity contribution in [1.29, 1.82) is 0 Å². The fourth-order valence-electron chi connectivity index (χ4n) is 2.36. The highest BCUT2D eigenvalue weighted by Gasteiger charge is 2.13. The van der Waals surface area contributed by atoms with Gasteiger partial charge in [-0.25, -0.2) is 9.18 Å². The van der Waals surface area contributed by atoms with E-state index in [1.165, 1.54) is 12.1 Å². The summed E-state index contributed by atoms with van der Waals surface area (Å²) in [6.07, 6.45) is 1.94. The molecule has 3 N–H and O–H groups in total. The molecule has 1 atom stereocenters. The van der Waals surface area contributed by atoms with E-state index in [2.05, 4.69) is 10.6 Å². The van der Waals surface area contributed by atoms with Gasteiger partial charge in [0.1, 0.15) is 5.82 Å². The van der Waals surface area contributed by atoms with Gasteiger partial charge in [-0.05, 0) is 35.1 Å². The molecule has 0 aliphatic heterocycles. The summed E-state index contributed by atoms with van der Waals surface area (Å²) in [6.45, 7) is 0.112. The quantitative estimate of drug-likeness (QED) is 0.720. The van der Waals surface area contributed by atoms with Crippen LogP contribution in [0.25, 0.3) is 0 Å². The van der Waals surface area contributed by atoms with Crippen molar-refractivity contribution in [2.75, 3.05) is 12.9 Å². The highest BCUT2D eigenvalue weighted by atomic mass is 32.2. The Balaban J connectivity index is 1.95. The maximum Gasteiger partial charge on any atom is 0.315 e. The number of hydrogen-bond donors (Lipinski definition) is 3. The number of halogens is 1. The monoisotopic (exact) mass is 348 g/mol. The molecule has 0 aliphatic rings. The van der Waals surface area contributed by atoms with Crippen molar-refractivity contribution in [3.63, 3.8) is 0 Å². The van der Waals surface area contributed by atoms with Gasteiger partial charge in [0.25, 0.3) is 0 Å². The van der Waals surface area contributed by atoms with Crippen LogP contribution in [0.5, 0.6) is 0 Å². The standard InChI is InChI=1S/C18H21FN2O2S/c1-24-12-15-9-16(19)8-7-14(15)10-20-18(23)21-17(11-22)13-5-3-2-4-6-13/h2-9,17,22H,10-12H2,1H3,(H2,20,21,23). The summed E-state index contributed by atoms with van der Waals surface area (Å²) in [5, 5.41) is 15.0. The zero-order valence-corrected chi connectivity index (χ0v) is 14.3. The van der Waals surface area contributed by atoms with Gasteiger partial charge in [-0.3, -0.25) is 0 Å². The smallest absolute Gasteiger partial charge is 0.315 e. The number of carbonyl (C=O) groups excluding carboxylic acids is 1. The van der Waals surface area contributed by atoms with E-state index in [1.807, 2.05) is 36.6 Å². The van der Waals surface area contributed by atoms with Crippen molar-refractivity contribution in [2.24, 2.45) is 0 Å². The number of aliphatic hydroxyl groups is 1. The van der Waals surface area contributed by atoms with E-state index in [0.29, 0.717) is 12.3 Å². The van der Waals surface area contributed by atoms with Crippen LogP contribution in [0.2, 0.25) is 0 Å². The molecule has 4 nitrogen and oxygen atoms in total. The first-order valence-electron chi connectivity index (χ1n) is 7.60. The van der Waals surface area contributed by atoms with Crippen molar-refractivity contribution >= 4 is 17.8 Å². The second-order valence-corrected chi connectivity index (χ2v) is 6.18. The van der Waals surface area contributed by atoms with E-state index < -0.39 is 6.04 Å². The minimum Gasteiger partial charge on any atom is -0.394 e. The molecule has 128 valence electrons. The molecule has 2 aromatic carbocycles. The number of urea groups is 1. The minimum absolute atomic E-state index is 0.189. The van der Waals surface area contributed by atoms with E-state index in [9.17, 15) is 14.3 Å². The summed E-state index contributed by atoms with van der Waals surface area (Å²) in [7, 11) is 0. The van der Waals surface area contributed by atoms with Crippen molar-refractivity contribution in [3.8, 4) is 0 Å². The lowest BCUT2D eigenvalue weighted by molar-refractivity contribution is 0.216. The molecule has 0 radical (unpaired) electrons. The molecular weight excluding hydrogens is 327 g/mol. The van der Waals surface area contributed by atoms with Crippen LogP contribution in [0.1, 0.15) is 22.7 Å². The lowest BCUT2D eigenvalue weighted by Gasteiger charge is -2.18. The molecule has 0 aliphatic carbocycles. The summed E-state index contributed by atoms with van der Waals surface area (Å²) in [6, 6.07) is 13.0. The minimum atomic E-state index is -0.468. The van der Waals surface area contributed by atoms with Crippen LogP contribution in [0.15, 0.2) is 48.5 Å². The average molecular weight is 348 g/mol. The Morgan fingerprint density at radius 1 is 1.21 bits per heavy atom. The lowest BCUT2D eigenvalue weighted by Crippen LogP contribution is -2.39. The van der Waals surface area contributed by atoms with Gasteiger partial charge < -0.3 is 15.7 Å². The van der Waals surface area contributed by atoms with Gasteiger partial charge in [0.05, 0.1) is 12.6 Å². The summed E-state index contributed by atoms with van der Waals surface area (Å²) >= 11 is 1.60. The highest BCUT2D eigenvalue weighted by Crippen LogP contribution is 2.17. The first-order valence-corrected chi connectivity index (χ1v) is 9.00. The predicted molar refractivity (Wildman–Crippen MR) is 95.3 cm³/mol. The zero-order chi connectivity index (χ0) is 17.4. The molecular formula is C18H21FN2O2S. The van der Waals surface area contributed by atoms with Crippen LogP contribution in [0.3, 0.4) is 0 Å². The number of nitrogens with one attached hydrogen (secondary N) is 2. The Hall–Kier alpha value is -2.05. The van der Waals surface area contributed by atoms with E-state index in [-0.39, 0.29) is 18.5 Å². The highest BCUT2D eigenvalue weighted by molar-refractivity contribution is 7.97. The first kappa shape index (κ1) is 18.3. The number of hydrogen-bond acceptors (Lipinski definition) is 3. The summed E-state index contributed by atoms with van der Waals surface area (Å²) in [4.78, 5) is 12.1. The molecule has 0 saturated heterocycles. The van der Waals surface area contributed by atoms with E-state index >= 15 is 0 Å². The maximum atomic E-state index is 13.3. The van der Waals surface area contributed by atoms with Crippen LogP contribution in [-0.4, -0.2) is 24.0 Å². The summed E-state index contributed by atoms with van der Waals surface area (Å²) < 4.78 is 13.3. The van der Waals surface area contributed by atoms with Crippen molar-refractivity contribution in [2.45, 2.75) is 18.3 Å². The van der Waals surface area contributed by atoms with Crippen LogP contribution in [0.4, 0.5) is 9.18 Å². The van der Waals surface area contributed by atoms with Gasteiger partial charge in [-0.15, -0.1) is 0 Å². The Labute approximate surface area is 145 Å². The Morgan fingerprint density at radius 2 is 1.96 bits per heavy atom. The molecule has 6 heteroatoms. The first-order chi connectivity index (χ1) is 11.6. The zero-order valence-electron chi connectivity index (χ0n) is 13.5. The third-order valence-corrected chi connectivity index (χ3v) is 4.20. The van der Waals surface area contributed by atoms with Crippen molar-refractivity contribution < 1.29 is 14.3 Å². The molecule has 0 bridgehead atoms. The summed E-state index contributed by atoms with van der Waals surface area (Å²) in [5.74, 6) is 0.399. The lowest BCUT2D eigenvalue weighted by atomic mass is 10.1. The second-order valence-electron chi connectivity index (χ2n) is 5.32. The number of amides is 2. The number of rotatable bonds is 7. The van der Waals surface area contributed by atoms with Gasteiger partial charge in [-0.2, -0.15) is 11.8 Å². The topological polar surface area (TPSA) is 61.4 Å². The van der Waals surface area contributed by atoms with Gasteiger partial charge in [0.15, 0.2) is 0 Å². The van der Waals surface area contributed by atoms with Crippen molar-refractivity contribution in [1.82, 2.24) is 10.6 Å². The number of thioether (sulfide) groups is 1. The van der Waals surface area contributed by atoms with E-state index in [1.54, 1.807) is 17.8 Å². The molecule has 2 amide bonds. The average Bonchev–Trinajstić information content (AvgIpc) is 2.60. The van der Waals surface area contributed by atoms with Crippen LogP contribution in [-0.2, 0) is 12.3 Å². The Bertz CT molecular complexity index is 667. The van der Waals surface area contributed by atoms with Gasteiger partial charge in [0, 0.05) is 12.3 Å². The summed E-state index contributed by atoms with van der Waals surface area (Å²) in [5.41, 5.74) is 2.57. The van der Waals surface area contributed by atoms with Gasteiger partial charge in [0.2, 0.25) is 0 Å². The third kappa shape index (κ3) is 5.25. The molecule has 0 aromatic heterocycles. The van der Waals surface area contributed by atoms with Crippen LogP contribution >= 0.6 is 11.8 Å². The normalized spacial score (nSPS) is 11.8. The van der Waals surface area contributed by atoms with E-state index in [4.69, 9.17) is 0 Å². The number of aliphatic hydroxyl groups excluding tert-OH is 1. The largest absolute Gasteiger partial charge is 0.394 e. The number of carbonyl (C=O) groups is 1. The van der Waals surface area contributed by atoms with Crippen molar-refractivity contribution in [3.05, 3.63) is 71.0 Å².